The number of aromatic nitrogens is 1. The van der Waals surface area contributed by atoms with E-state index in [0.717, 1.165) is 17.7 Å². The molecule has 25 heavy (non-hydrogen) atoms. The zero-order valence-corrected chi connectivity index (χ0v) is 13.6. The Labute approximate surface area is 144 Å². The summed E-state index contributed by atoms with van der Waals surface area (Å²) in [5.41, 5.74) is 1.57. The van der Waals surface area contributed by atoms with Crippen LogP contribution in [0.5, 0.6) is 0 Å². The van der Waals surface area contributed by atoms with Crippen LogP contribution in [0.15, 0.2) is 42.7 Å². The van der Waals surface area contributed by atoms with Crippen LogP contribution in [0.1, 0.15) is 17.2 Å². The smallest absolute Gasteiger partial charge is 0.317 e. The number of ether oxygens (including phenoxy) is 1. The predicted molar refractivity (Wildman–Crippen MR) is 88.0 cm³/mol. The van der Waals surface area contributed by atoms with Crippen LogP contribution in [0.3, 0.4) is 0 Å². The molecule has 0 unspecified atom stereocenters. The number of nitrogens with zero attached hydrogens (tertiary/aromatic N) is 2. The summed E-state index contributed by atoms with van der Waals surface area (Å²) < 4.78 is 32.0. The minimum atomic E-state index is -0.917. The number of urea groups is 1. The highest BCUT2D eigenvalue weighted by atomic mass is 19.2. The lowest BCUT2D eigenvalue weighted by Crippen LogP contribution is -2.47. The number of pyridine rings is 1. The van der Waals surface area contributed by atoms with E-state index in [1.807, 2.05) is 12.1 Å². The van der Waals surface area contributed by atoms with Crippen LogP contribution in [-0.4, -0.2) is 42.2 Å². The fourth-order valence-electron chi connectivity index (χ4n) is 2.72. The summed E-state index contributed by atoms with van der Waals surface area (Å²) in [6.07, 6.45) is 3.69. The van der Waals surface area contributed by atoms with Gasteiger partial charge in [0.2, 0.25) is 0 Å². The van der Waals surface area contributed by atoms with Crippen molar-refractivity contribution in [1.29, 1.82) is 0 Å². The molecule has 5 nitrogen and oxygen atoms in total. The normalized spacial score (nSPS) is 17.4. The molecule has 2 amide bonds. The Morgan fingerprint density at radius 1 is 1.32 bits per heavy atom. The van der Waals surface area contributed by atoms with Gasteiger partial charge in [-0.1, -0.05) is 12.1 Å². The van der Waals surface area contributed by atoms with Crippen molar-refractivity contribution in [2.24, 2.45) is 0 Å². The average molecular weight is 347 g/mol. The van der Waals surface area contributed by atoms with Crippen LogP contribution in [0.25, 0.3) is 0 Å². The highest BCUT2D eigenvalue weighted by Crippen LogP contribution is 2.23. The van der Waals surface area contributed by atoms with Gasteiger partial charge in [0.15, 0.2) is 11.6 Å². The molecule has 7 heteroatoms. The average Bonchev–Trinajstić information content (AvgIpc) is 2.65. The molecule has 1 aliphatic rings. The summed E-state index contributed by atoms with van der Waals surface area (Å²) in [4.78, 5) is 18.0. The first-order chi connectivity index (χ1) is 12.1. The largest absolute Gasteiger partial charge is 0.370 e. The summed E-state index contributed by atoms with van der Waals surface area (Å²) in [6, 6.07) is 7.27. The van der Waals surface area contributed by atoms with E-state index in [2.05, 4.69) is 10.3 Å². The first-order valence-electron chi connectivity index (χ1n) is 8.12. The summed E-state index contributed by atoms with van der Waals surface area (Å²) in [5, 5.41) is 2.86. The van der Waals surface area contributed by atoms with Crippen LogP contribution < -0.4 is 5.32 Å². The molecule has 1 N–H and O–H groups in total. The van der Waals surface area contributed by atoms with Gasteiger partial charge in [0, 0.05) is 25.5 Å². The molecule has 2 aromatic rings. The second kappa shape index (κ2) is 8.02. The minimum absolute atomic E-state index is 0.195. The van der Waals surface area contributed by atoms with E-state index in [9.17, 15) is 13.6 Å². The first kappa shape index (κ1) is 17.3. The molecular weight excluding hydrogens is 328 g/mol. The van der Waals surface area contributed by atoms with Gasteiger partial charge in [0.25, 0.3) is 0 Å². The number of carbonyl (C=O) groups is 1. The third kappa shape index (κ3) is 4.51. The van der Waals surface area contributed by atoms with E-state index in [1.165, 1.54) is 6.07 Å². The van der Waals surface area contributed by atoms with Gasteiger partial charge in [-0.05, 0) is 35.7 Å². The standard InChI is InChI=1S/C18H19F2N3O2/c19-15-4-3-14(10-16(15)20)17-12-23(8-9-25-17)18(24)22-7-5-13-2-1-6-21-11-13/h1-4,6,10-11,17H,5,7-9,12H2,(H,22,24)/t17-/m1/s1. The van der Waals surface area contributed by atoms with Crippen LogP contribution in [0, 0.1) is 11.6 Å². The quantitative estimate of drug-likeness (QED) is 0.925. The molecule has 0 saturated carbocycles. The molecule has 0 aliphatic carbocycles. The van der Waals surface area contributed by atoms with Crippen LogP contribution >= 0.6 is 0 Å². The van der Waals surface area contributed by atoms with Gasteiger partial charge in [0.05, 0.1) is 13.2 Å². The van der Waals surface area contributed by atoms with E-state index in [4.69, 9.17) is 4.74 Å². The van der Waals surface area contributed by atoms with E-state index >= 15 is 0 Å². The SMILES string of the molecule is O=C(NCCc1cccnc1)N1CCO[C@@H](c2ccc(F)c(F)c2)C1. The predicted octanol–water partition coefficient (Wildman–Crippen LogP) is 2.69. The number of benzene rings is 1. The second-order valence-corrected chi connectivity index (χ2v) is 5.82. The fourth-order valence-corrected chi connectivity index (χ4v) is 2.72. The van der Waals surface area contributed by atoms with Crippen molar-refractivity contribution >= 4 is 6.03 Å². The third-order valence-corrected chi connectivity index (χ3v) is 4.08. The van der Waals surface area contributed by atoms with Gasteiger partial charge in [-0.15, -0.1) is 0 Å². The Kier molecular flexibility index (Phi) is 5.55. The molecule has 1 fully saturated rings. The topological polar surface area (TPSA) is 54.5 Å². The molecule has 1 aromatic carbocycles. The number of hydrogen-bond donors (Lipinski definition) is 1. The number of halogens is 2. The zero-order valence-electron chi connectivity index (χ0n) is 13.6. The summed E-state index contributed by atoms with van der Waals surface area (Å²) >= 11 is 0. The van der Waals surface area contributed by atoms with Crippen LogP contribution in [-0.2, 0) is 11.2 Å². The Morgan fingerprint density at radius 2 is 2.20 bits per heavy atom. The number of morpholine rings is 1. The molecule has 3 rings (SSSR count). The number of hydrogen-bond acceptors (Lipinski definition) is 3. The zero-order chi connectivity index (χ0) is 17.6. The lowest BCUT2D eigenvalue weighted by Gasteiger charge is -2.33. The van der Waals surface area contributed by atoms with Gasteiger partial charge in [0.1, 0.15) is 6.10 Å². The lowest BCUT2D eigenvalue weighted by atomic mass is 10.1. The van der Waals surface area contributed by atoms with Crippen molar-refractivity contribution in [1.82, 2.24) is 15.2 Å². The lowest BCUT2D eigenvalue weighted by molar-refractivity contribution is -0.0155. The molecule has 1 atom stereocenters. The minimum Gasteiger partial charge on any atom is -0.370 e. The van der Waals surface area contributed by atoms with E-state index < -0.39 is 17.7 Å². The molecule has 132 valence electrons. The van der Waals surface area contributed by atoms with Gasteiger partial charge < -0.3 is 15.0 Å². The Hall–Kier alpha value is -2.54. The second-order valence-electron chi connectivity index (χ2n) is 5.82. The van der Waals surface area contributed by atoms with E-state index in [0.29, 0.717) is 38.2 Å². The monoisotopic (exact) mass is 347 g/mol. The highest BCUT2D eigenvalue weighted by molar-refractivity contribution is 5.74. The molecule has 0 bridgehead atoms. The number of carbonyl (C=O) groups excluding carboxylic acids is 1. The van der Waals surface area contributed by atoms with Crippen molar-refractivity contribution in [2.45, 2.75) is 12.5 Å². The van der Waals surface area contributed by atoms with Gasteiger partial charge in [-0.2, -0.15) is 0 Å². The molecule has 1 saturated heterocycles. The highest BCUT2D eigenvalue weighted by Gasteiger charge is 2.25. The maximum atomic E-state index is 13.4. The van der Waals surface area contributed by atoms with Crippen LogP contribution in [0.2, 0.25) is 0 Å². The number of amides is 2. The van der Waals surface area contributed by atoms with Gasteiger partial charge in [-0.3, -0.25) is 4.98 Å². The van der Waals surface area contributed by atoms with Crippen molar-refractivity contribution < 1.29 is 18.3 Å². The van der Waals surface area contributed by atoms with E-state index in [1.54, 1.807) is 17.3 Å². The van der Waals surface area contributed by atoms with Gasteiger partial charge in [-0.25, -0.2) is 13.6 Å². The molecule has 1 aliphatic heterocycles. The molecule has 1 aromatic heterocycles. The molecule has 0 radical (unpaired) electrons. The fraction of sp³-hybridized carbons (Fsp3) is 0.333. The van der Waals surface area contributed by atoms with Gasteiger partial charge >= 0.3 is 6.03 Å². The maximum absolute atomic E-state index is 13.4. The van der Waals surface area contributed by atoms with Crippen molar-refractivity contribution in [2.75, 3.05) is 26.2 Å². The molecule has 0 spiro atoms. The van der Waals surface area contributed by atoms with Crippen molar-refractivity contribution in [3.8, 4) is 0 Å². The molecule has 2 heterocycles. The Balaban J connectivity index is 1.53. The summed E-state index contributed by atoms with van der Waals surface area (Å²) in [7, 11) is 0. The summed E-state index contributed by atoms with van der Waals surface area (Å²) in [5.74, 6) is -1.82. The molecular formula is C18H19F2N3O2. The Morgan fingerprint density at radius 3 is 2.96 bits per heavy atom. The summed E-state index contributed by atoms with van der Waals surface area (Å²) in [6.45, 7) is 1.60. The van der Waals surface area contributed by atoms with Crippen molar-refractivity contribution in [3.63, 3.8) is 0 Å². The first-order valence-corrected chi connectivity index (χ1v) is 8.12. The van der Waals surface area contributed by atoms with Crippen LogP contribution in [0.4, 0.5) is 13.6 Å². The van der Waals surface area contributed by atoms with Crippen molar-refractivity contribution in [3.05, 3.63) is 65.5 Å². The third-order valence-electron chi connectivity index (χ3n) is 4.08. The Bertz CT molecular complexity index is 728. The number of nitrogens with one attached hydrogen (secondary N) is 1. The number of rotatable bonds is 4. The van der Waals surface area contributed by atoms with E-state index in [-0.39, 0.29) is 6.03 Å². The maximum Gasteiger partial charge on any atom is 0.317 e.